The lowest BCUT2D eigenvalue weighted by Crippen LogP contribution is -2.17. The standard InChI is InChI=1S/C18H13F2NO3/c1-10(22)13-9-21(8-11-3-2-4-12(23)7-11)17-15(20)6-5-14(19)16(17)18(13)24/h2-7,9,22-23H,1,8H2. The highest BCUT2D eigenvalue weighted by Crippen LogP contribution is 2.22. The number of hydrogen-bond donors (Lipinski definition) is 2. The van der Waals surface area contributed by atoms with E-state index in [-0.39, 0.29) is 23.4 Å². The lowest BCUT2D eigenvalue weighted by Gasteiger charge is -2.14. The number of aliphatic hydroxyl groups is 1. The zero-order valence-corrected chi connectivity index (χ0v) is 12.5. The molecule has 0 spiro atoms. The molecule has 6 heteroatoms. The summed E-state index contributed by atoms with van der Waals surface area (Å²) in [6.07, 6.45) is 1.22. The Morgan fingerprint density at radius 2 is 1.88 bits per heavy atom. The molecule has 0 aliphatic heterocycles. The smallest absolute Gasteiger partial charge is 0.203 e. The van der Waals surface area contributed by atoms with Crippen LogP contribution in [0.1, 0.15) is 11.1 Å². The van der Waals surface area contributed by atoms with Gasteiger partial charge in [0, 0.05) is 12.7 Å². The van der Waals surface area contributed by atoms with Crippen molar-refractivity contribution in [1.29, 1.82) is 0 Å². The van der Waals surface area contributed by atoms with Gasteiger partial charge in [0.25, 0.3) is 0 Å². The van der Waals surface area contributed by atoms with E-state index in [9.17, 15) is 23.8 Å². The molecule has 0 aliphatic carbocycles. The molecule has 0 amide bonds. The van der Waals surface area contributed by atoms with Gasteiger partial charge in [0.2, 0.25) is 5.43 Å². The molecule has 4 nitrogen and oxygen atoms in total. The van der Waals surface area contributed by atoms with Crippen LogP contribution >= 0.6 is 0 Å². The van der Waals surface area contributed by atoms with E-state index in [4.69, 9.17) is 0 Å². The van der Waals surface area contributed by atoms with Crippen LogP contribution in [0.5, 0.6) is 5.75 Å². The second kappa shape index (κ2) is 5.81. The van der Waals surface area contributed by atoms with Crippen molar-refractivity contribution in [3.05, 3.63) is 82.2 Å². The number of aromatic nitrogens is 1. The average molecular weight is 329 g/mol. The molecule has 0 saturated heterocycles. The first-order valence-electron chi connectivity index (χ1n) is 7.06. The van der Waals surface area contributed by atoms with E-state index >= 15 is 0 Å². The van der Waals surface area contributed by atoms with Gasteiger partial charge in [-0.2, -0.15) is 0 Å². The third kappa shape index (κ3) is 2.62. The highest BCUT2D eigenvalue weighted by molar-refractivity contribution is 5.83. The van der Waals surface area contributed by atoms with Crippen LogP contribution < -0.4 is 5.43 Å². The van der Waals surface area contributed by atoms with Gasteiger partial charge in [-0.3, -0.25) is 4.79 Å². The quantitative estimate of drug-likeness (QED) is 0.722. The van der Waals surface area contributed by atoms with E-state index in [0.717, 1.165) is 12.1 Å². The van der Waals surface area contributed by atoms with Crippen LogP contribution in [0.2, 0.25) is 0 Å². The van der Waals surface area contributed by atoms with Gasteiger partial charge in [-0.1, -0.05) is 18.7 Å². The molecule has 0 unspecified atom stereocenters. The van der Waals surface area contributed by atoms with Gasteiger partial charge in [0.15, 0.2) is 0 Å². The summed E-state index contributed by atoms with van der Waals surface area (Å²) in [7, 11) is 0. The lowest BCUT2D eigenvalue weighted by atomic mass is 10.1. The Kier molecular flexibility index (Phi) is 3.81. The summed E-state index contributed by atoms with van der Waals surface area (Å²) in [4.78, 5) is 12.3. The fourth-order valence-corrected chi connectivity index (χ4v) is 2.63. The minimum Gasteiger partial charge on any atom is -0.508 e. The van der Waals surface area contributed by atoms with Gasteiger partial charge in [-0.05, 0) is 29.8 Å². The van der Waals surface area contributed by atoms with Crippen LogP contribution in [0.3, 0.4) is 0 Å². The van der Waals surface area contributed by atoms with Gasteiger partial charge >= 0.3 is 0 Å². The van der Waals surface area contributed by atoms with E-state index in [1.165, 1.54) is 22.9 Å². The van der Waals surface area contributed by atoms with Crippen LogP contribution in [0.15, 0.2) is 54.0 Å². The number of aliphatic hydroxyl groups excluding tert-OH is 1. The van der Waals surface area contributed by atoms with Crippen LogP contribution in [0, 0.1) is 11.6 Å². The predicted octanol–water partition coefficient (Wildman–Crippen LogP) is 3.56. The van der Waals surface area contributed by atoms with Crippen molar-refractivity contribution in [3.8, 4) is 5.75 Å². The summed E-state index contributed by atoms with van der Waals surface area (Å²) in [5.41, 5.74) is -0.653. The minimum atomic E-state index is -0.885. The normalized spacial score (nSPS) is 10.9. The summed E-state index contributed by atoms with van der Waals surface area (Å²) in [6.45, 7) is 3.35. The van der Waals surface area contributed by atoms with E-state index in [2.05, 4.69) is 6.58 Å². The molecular weight excluding hydrogens is 316 g/mol. The number of fused-ring (bicyclic) bond motifs is 1. The molecule has 122 valence electrons. The molecule has 2 aromatic carbocycles. The van der Waals surface area contributed by atoms with E-state index in [1.807, 2.05) is 0 Å². The maximum absolute atomic E-state index is 14.3. The van der Waals surface area contributed by atoms with Crippen molar-refractivity contribution in [2.24, 2.45) is 0 Å². The van der Waals surface area contributed by atoms with Gasteiger partial charge in [-0.25, -0.2) is 8.78 Å². The van der Waals surface area contributed by atoms with Crippen molar-refractivity contribution in [3.63, 3.8) is 0 Å². The van der Waals surface area contributed by atoms with Crippen LogP contribution in [0.4, 0.5) is 8.78 Å². The predicted molar refractivity (Wildman–Crippen MR) is 87.0 cm³/mol. The number of pyridine rings is 1. The molecule has 24 heavy (non-hydrogen) atoms. The zero-order valence-electron chi connectivity index (χ0n) is 12.5. The maximum atomic E-state index is 14.3. The maximum Gasteiger partial charge on any atom is 0.203 e. The molecule has 3 rings (SSSR count). The average Bonchev–Trinajstić information content (AvgIpc) is 2.52. The SMILES string of the molecule is C=C(O)c1cn(Cc2cccc(O)c2)c2c(F)ccc(F)c2c1=O. The summed E-state index contributed by atoms with van der Waals surface area (Å²) in [5, 5.41) is 18.7. The van der Waals surface area contributed by atoms with Crippen LogP contribution in [0.25, 0.3) is 16.7 Å². The topological polar surface area (TPSA) is 62.5 Å². The van der Waals surface area contributed by atoms with Crippen LogP contribution in [-0.4, -0.2) is 14.8 Å². The first kappa shape index (κ1) is 15.7. The van der Waals surface area contributed by atoms with Crippen molar-refractivity contribution < 1.29 is 19.0 Å². The number of hydrogen-bond acceptors (Lipinski definition) is 3. The monoisotopic (exact) mass is 329 g/mol. The van der Waals surface area contributed by atoms with Gasteiger partial charge in [0.1, 0.15) is 23.1 Å². The summed E-state index contributed by atoms with van der Waals surface area (Å²) in [5.74, 6) is -2.16. The third-order valence-corrected chi connectivity index (χ3v) is 3.70. The van der Waals surface area contributed by atoms with Crippen molar-refractivity contribution in [2.45, 2.75) is 6.54 Å². The molecule has 0 bridgehead atoms. The number of phenols is 1. The van der Waals surface area contributed by atoms with Gasteiger partial charge in [-0.15, -0.1) is 0 Å². The number of nitrogens with zero attached hydrogens (tertiary/aromatic N) is 1. The Bertz CT molecular complexity index is 1020. The first-order valence-corrected chi connectivity index (χ1v) is 7.06. The van der Waals surface area contributed by atoms with E-state index in [0.29, 0.717) is 5.56 Å². The third-order valence-electron chi connectivity index (χ3n) is 3.70. The molecule has 2 N–H and O–H groups in total. The van der Waals surface area contributed by atoms with Gasteiger partial charge in [0.05, 0.1) is 16.5 Å². The highest BCUT2D eigenvalue weighted by atomic mass is 19.1. The molecule has 1 heterocycles. The van der Waals surface area contributed by atoms with Crippen molar-refractivity contribution >= 4 is 16.7 Å². The Morgan fingerprint density at radius 3 is 2.54 bits per heavy atom. The van der Waals surface area contributed by atoms with Gasteiger partial charge < -0.3 is 14.8 Å². The van der Waals surface area contributed by atoms with E-state index < -0.39 is 28.2 Å². The van der Waals surface area contributed by atoms with Crippen LogP contribution in [-0.2, 0) is 6.54 Å². The minimum absolute atomic E-state index is 0.0243. The summed E-state index contributed by atoms with van der Waals surface area (Å²) < 4.78 is 29.7. The number of halogens is 2. The lowest BCUT2D eigenvalue weighted by molar-refractivity contribution is 0.474. The molecule has 0 fully saturated rings. The summed E-state index contributed by atoms with van der Waals surface area (Å²) in [6, 6.07) is 8.04. The molecular formula is C18H13F2NO3. The number of phenolic OH excluding ortho intramolecular Hbond substituents is 1. The molecule has 0 aliphatic rings. The second-order valence-corrected chi connectivity index (χ2v) is 5.37. The Hall–Kier alpha value is -3.15. The highest BCUT2D eigenvalue weighted by Gasteiger charge is 2.18. The molecule has 0 radical (unpaired) electrons. The van der Waals surface area contributed by atoms with E-state index in [1.54, 1.807) is 12.1 Å². The number of aromatic hydroxyl groups is 1. The summed E-state index contributed by atoms with van der Waals surface area (Å²) >= 11 is 0. The Morgan fingerprint density at radius 1 is 1.17 bits per heavy atom. The molecule has 0 atom stereocenters. The van der Waals surface area contributed by atoms with Crippen molar-refractivity contribution in [2.75, 3.05) is 0 Å². The largest absolute Gasteiger partial charge is 0.508 e. The number of benzene rings is 2. The van der Waals surface area contributed by atoms with Crippen molar-refractivity contribution in [1.82, 2.24) is 4.57 Å². The number of rotatable bonds is 3. The molecule has 3 aromatic rings. The Labute approximate surface area is 135 Å². The first-order chi connectivity index (χ1) is 11.4. The Balaban J connectivity index is 2.34. The second-order valence-electron chi connectivity index (χ2n) is 5.37. The fourth-order valence-electron chi connectivity index (χ4n) is 2.63. The molecule has 0 saturated carbocycles. The molecule has 1 aromatic heterocycles. The fraction of sp³-hybridized carbons (Fsp3) is 0.0556. The zero-order chi connectivity index (χ0) is 17.4.